The molecule has 0 bridgehead atoms. The van der Waals surface area contributed by atoms with Gasteiger partial charge in [-0.3, -0.25) is 4.79 Å². The van der Waals surface area contributed by atoms with Gasteiger partial charge in [-0.15, -0.1) is 0 Å². The van der Waals surface area contributed by atoms with Gasteiger partial charge in [0.2, 0.25) is 0 Å². The molecule has 1 spiro atoms. The molecule has 0 aromatic rings. The number of rotatable bonds is 0. The fourth-order valence-electron chi connectivity index (χ4n) is 2.38. The van der Waals surface area contributed by atoms with Crippen molar-refractivity contribution in [2.45, 2.75) is 25.7 Å². The van der Waals surface area contributed by atoms with Crippen molar-refractivity contribution < 1.29 is 13.2 Å². The van der Waals surface area contributed by atoms with Crippen LogP contribution in [0.25, 0.3) is 0 Å². The van der Waals surface area contributed by atoms with E-state index in [1.54, 1.807) is 0 Å². The highest BCUT2D eigenvalue weighted by atomic mass is 32.2. The molecule has 0 unspecified atom stereocenters. The van der Waals surface area contributed by atoms with Crippen molar-refractivity contribution in [2.75, 3.05) is 11.5 Å². The maximum absolute atomic E-state index is 11.4. The smallest absolute Gasteiger partial charge is 0.158 e. The second-order valence-electron chi connectivity index (χ2n) is 3.94. The predicted octanol–water partition coefficient (Wildman–Crippen LogP) is 0.544. The third-order valence-electron chi connectivity index (χ3n) is 3.00. The first-order valence-electron chi connectivity index (χ1n) is 4.28. The number of sulfone groups is 1. The van der Waals surface area contributed by atoms with Crippen LogP contribution in [-0.2, 0) is 14.6 Å². The summed E-state index contributed by atoms with van der Waals surface area (Å²) in [5.74, 6) is -0.105. The first-order chi connectivity index (χ1) is 5.54. The van der Waals surface area contributed by atoms with Crippen LogP contribution >= 0.6 is 0 Å². The molecule has 1 saturated carbocycles. The molecule has 0 atom stereocenters. The van der Waals surface area contributed by atoms with Crippen LogP contribution in [0.4, 0.5) is 0 Å². The Labute approximate surface area is 72.1 Å². The lowest BCUT2D eigenvalue weighted by Crippen LogP contribution is -2.25. The lowest BCUT2D eigenvalue weighted by atomic mass is 9.85. The largest absolute Gasteiger partial charge is 0.298 e. The van der Waals surface area contributed by atoms with Gasteiger partial charge in [-0.25, -0.2) is 8.42 Å². The van der Waals surface area contributed by atoms with Gasteiger partial charge in [0, 0.05) is 5.41 Å². The Balaban J connectivity index is 2.35. The van der Waals surface area contributed by atoms with Gasteiger partial charge >= 0.3 is 0 Å². The van der Waals surface area contributed by atoms with Crippen LogP contribution in [0.3, 0.4) is 0 Å². The van der Waals surface area contributed by atoms with Crippen LogP contribution in [-0.4, -0.2) is 25.7 Å². The van der Waals surface area contributed by atoms with Crippen LogP contribution in [0.15, 0.2) is 0 Å². The molecule has 1 saturated heterocycles. The summed E-state index contributed by atoms with van der Waals surface area (Å²) < 4.78 is 22.4. The molecule has 1 aliphatic carbocycles. The fourth-order valence-corrected chi connectivity index (χ4v) is 4.48. The average molecular weight is 188 g/mol. The van der Waals surface area contributed by atoms with Gasteiger partial charge in [0.05, 0.1) is 5.75 Å². The Morgan fingerprint density at radius 2 is 1.75 bits per heavy atom. The lowest BCUT2D eigenvalue weighted by Gasteiger charge is -2.17. The van der Waals surface area contributed by atoms with Gasteiger partial charge in [-0.2, -0.15) is 0 Å². The molecule has 0 amide bonds. The molecule has 0 radical (unpaired) electrons. The van der Waals surface area contributed by atoms with E-state index in [2.05, 4.69) is 0 Å². The number of Topliss-reactive ketones (excluding diaryl/α,β-unsaturated/α-hetero) is 1. The molecule has 0 N–H and O–H groups in total. The highest BCUT2D eigenvalue weighted by Crippen LogP contribution is 2.43. The summed E-state index contributed by atoms with van der Waals surface area (Å²) in [6.45, 7) is 0. The highest BCUT2D eigenvalue weighted by Gasteiger charge is 2.50. The first-order valence-corrected chi connectivity index (χ1v) is 6.10. The van der Waals surface area contributed by atoms with E-state index in [1.165, 1.54) is 0 Å². The summed E-state index contributed by atoms with van der Waals surface area (Å²) in [5.41, 5.74) is -0.446. The van der Waals surface area contributed by atoms with Crippen LogP contribution in [0.1, 0.15) is 25.7 Å². The second-order valence-corrected chi connectivity index (χ2v) is 6.01. The Morgan fingerprint density at radius 3 is 2.17 bits per heavy atom. The maximum Gasteiger partial charge on any atom is 0.158 e. The van der Waals surface area contributed by atoms with Gasteiger partial charge in [-0.05, 0) is 12.8 Å². The molecule has 0 aromatic heterocycles. The number of ketones is 1. The van der Waals surface area contributed by atoms with Crippen molar-refractivity contribution in [1.29, 1.82) is 0 Å². The molecule has 68 valence electrons. The predicted molar refractivity (Wildman–Crippen MR) is 44.6 cm³/mol. The summed E-state index contributed by atoms with van der Waals surface area (Å²) in [6.07, 6.45) is 3.62. The summed E-state index contributed by atoms with van der Waals surface area (Å²) in [7, 11) is -3.04. The van der Waals surface area contributed by atoms with E-state index in [0.717, 1.165) is 25.7 Å². The van der Waals surface area contributed by atoms with Crippen molar-refractivity contribution in [2.24, 2.45) is 5.41 Å². The van der Waals surface area contributed by atoms with Gasteiger partial charge in [0.1, 0.15) is 5.75 Å². The fraction of sp³-hybridized carbons (Fsp3) is 0.875. The summed E-state index contributed by atoms with van der Waals surface area (Å²) in [4.78, 5) is 11.4. The van der Waals surface area contributed by atoms with Gasteiger partial charge in [0.15, 0.2) is 15.6 Å². The van der Waals surface area contributed by atoms with Crippen molar-refractivity contribution in [3.05, 3.63) is 0 Å². The topological polar surface area (TPSA) is 51.2 Å². The maximum atomic E-state index is 11.4. The minimum Gasteiger partial charge on any atom is -0.298 e. The van der Waals surface area contributed by atoms with Crippen molar-refractivity contribution in [3.63, 3.8) is 0 Å². The Kier molecular flexibility index (Phi) is 1.59. The Morgan fingerprint density at radius 1 is 1.17 bits per heavy atom. The monoisotopic (exact) mass is 188 g/mol. The highest BCUT2D eigenvalue weighted by molar-refractivity contribution is 7.92. The molecule has 12 heavy (non-hydrogen) atoms. The third-order valence-corrected chi connectivity index (χ3v) is 4.69. The number of carbonyl (C=O) groups is 1. The van der Waals surface area contributed by atoms with Gasteiger partial charge < -0.3 is 0 Å². The van der Waals surface area contributed by atoms with E-state index in [9.17, 15) is 13.2 Å². The van der Waals surface area contributed by atoms with Crippen LogP contribution in [0, 0.1) is 5.41 Å². The van der Waals surface area contributed by atoms with E-state index in [0.29, 0.717) is 0 Å². The van der Waals surface area contributed by atoms with Crippen LogP contribution in [0.5, 0.6) is 0 Å². The molecular weight excluding hydrogens is 176 g/mol. The quantitative estimate of drug-likeness (QED) is 0.557. The molecule has 1 heterocycles. The van der Waals surface area contributed by atoms with E-state index < -0.39 is 15.3 Å². The minimum atomic E-state index is -3.04. The molecule has 2 aliphatic rings. The zero-order chi connectivity index (χ0) is 8.82. The van der Waals surface area contributed by atoms with Crippen LogP contribution in [0.2, 0.25) is 0 Å². The van der Waals surface area contributed by atoms with Crippen molar-refractivity contribution in [1.82, 2.24) is 0 Å². The molecule has 2 fully saturated rings. The first kappa shape index (κ1) is 8.23. The third kappa shape index (κ3) is 1.09. The zero-order valence-corrected chi connectivity index (χ0v) is 7.69. The Bertz CT molecular complexity index is 309. The number of hydrogen-bond acceptors (Lipinski definition) is 3. The molecular formula is C8H12O3S. The molecule has 2 rings (SSSR count). The van der Waals surface area contributed by atoms with Gasteiger partial charge in [0.25, 0.3) is 0 Å². The number of carbonyl (C=O) groups excluding carboxylic acids is 1. The second kappa shape index (κ2) is 2.31. The molecule has 4 heteroatoms. The van der Waals surface area contributed by atoms with Crippen LogP contribution < -0.4 is 0 Å². The minimum absolute atomic E-state index is 0.0278. The zero-order valence-electron chi connectivity index (χ0n) is 6.88. The lowest BCUT2D eigenvalue weighted by molar-refractivity contribution is -0.123. The van der Waals surface area contributed by atoms with E-state index in [-0.39, 0.29) is 17.3 Å². The van der Waals surface area contributed by atoms with E-state index in [4.69, 9.17) is 0 Å². The Hall–Kier alpha value is -0.380. The average Bonchev–Trinajstić information content (AvgIpc) is 2.42. The van der Waals surface area contributed by atoms with E-state index >= 15 is 0 Å². The van der Waals surface area contributed by atoms with Crippen molar-refractivity contribution in [3.8, 4) is 0 Å². The van der Waals surface area contributed by atoms with Gasteiger partial charge in [-0.1, -0.05) is 12.8 Å². The summed E-state index contributed by atoms with van der Waals surface area (Å²) >= 11 is 0. The molecule has 3 nitrogen and oxygen atoms in total. The summed E-state index contributed by atoms with van der Waals surface area (Å²) in [6, 6.07) is 0. The molecule has 0 aromatic carbocycles. The normalized spacial score (nSPS) is 31.5. The number of hydrogen-bond donors (Lipinski definition) is 0. The van der Waals surface area contributed by atoms with Crippen molar-refractivity contribution >= 4 is 15.6 Å². The molecule has 1 aliphatic heterocycles. The van der Waals surface area contributed by atoms with E-state index in [1.807, 2.05) is 0 Å². The SMILES string of the molecule is O=C1CS(=O)(=O)CC12CCCC2. The summed E-state index contributed by atoms with van der Waals surface area (Å²) in [5, 5.41) is 0. The standard InChI is InChI=1S/C8H12O3S/c9-7-5-12(10,11)6-8(7)3-1-2-4-8/h1-6H2.